The average Bonchev–Trinajstić information content (AvgIpc) is 2.54. The Bertz CT molecular complexity index is 900. The largest absolute Gasteiger partial charge is 0.484 e. The topological polar surface area (TPSA) is 81.4 Å². The minimum atomic E-state index is -0.433. The molecule has 2 heterocycles. The van der Waals surface area contributed by atoms with Gasteiger partial charge in [0.25, 0.3) is 5.91 Å². The minimum absolute atomic E-state index is 0.169. The van der Waals surface area contributed by atoms with Gasteiger partial charge >= 0.3 is 5.63 Å². The zero-order valence-electron chi connectivity index (χ0n) is 12.4. The molecule has 0 spiro atoms. The summed E-state index contributed by atoms with van der Waals surface area (Å²) in [5.41, 5.74) is 0.991. The van der Waals surface area contributed by atoms with Crippen LogP contribution in [0.2, 0.25) is 0 Å². The van der Waals surface area contributed by atoms with Crippen LogP contribution < -0.4 is 15.7 Å². The molecule has 1 N–H and O–H groups in total. The minimum Gasteiger partial charge on any atom is -0.484 e. The van der Waals surface area contributed by atoms with Gasteiger partial charge in [0.1, 0.15) is 17.2 Å². The van der Waals surface area contributed by atoms with Gasteiger partial charge in [0.05, 0.1) is 0 Å². The first-order valence-corrected chi connectivity index (χ1v) is 6.99. The molecule has 3 aromatic rings. The SMILES string of the molecule is Cc1ccc(NC(=O)COc2ccc3ccc(=O)oc3c2)nc1. The van der Waals surface area contributed by atoms with Crippen LogP contribution in [0, 0.1) is 6.92 Å². The molecule has 3 rings (SSSR count). The second kappa shape index (κ2) is 6.31. The van der Waals surface area contributed by atoms with Crippen LogP contribution in [-0.4, -0.2) is 17.5 Å². The molecular formula is C17H14N2O4. The Balaban J connectivity index is 1.64. The summed E-state index contributed by atoms with van der Waals surface area (Å²) < 4.78 is 10.5. The fourth-order valence-corrected chi connectivity index (χ4v) is 2.00. The van der Waals surface area contributed by atoms with Gasteiger partial charge in [0, 0.05) is 23.7 Å². The van der Waals surface area contributed by atoms with E-state index in [0.717, 1.165) is 10.9 Å². The van der Waals surface area contributed by atoms with Crippen LogP contribution >= 0.6 is 0 Å². The molecule has 0 atom stereocenters. The van der Waals surface area contributed by atoms with E-state index in [0.29, 0.717) is 17.2 Å². The molecule has 0 radical (unpaired) electrons. The van der Waals surface area contributed by atoms with Gasteiger partial charge in [0.15, 0.2) is 6.61 Å². The number of carbonyl (C=O) groups is 1. The third-order valence-electron chi connectivity index (χ3n) is 3.14. The normalized spacial score (nSPS) is 10.5. The predicted octanol–water partition coefficient (Wildman–Crippen LogP) is 2.51. The van der Waals surface area contributed by atoms with Crippen LogP contribution in [0.1, 0.15) is 5.56 Å². The number of nitrogens with zero attached hydrogens (tertiary/aromatic N) is 1. The van der Waals surface area contributed by atoms with E-state index in [2.05, 4.69) is 10.3 Å². The fourth-order valence-electron chi connectivity index (χ4n) is 2.00. The van der Waals surface area contributed by atoms with Crippen LogP contribution in [0.4, 0.5) is 5.82 Å². The van der Waals surface area contributed by atoms with Crippen molar-refractivity contribution in [1.82, 2.24) is 4.98 Å². The lowest BCUT2D eigenvalue weighted by Gasteiger charge is -2.07. The van der Waals surface area contributed by atoms with Crippen molar-refractivity contribution in [2.24, 2.45) is 0 Å². The van der Waals surface area contributed by atoms with E-state index >= 15 is 0 Å². The number of ether oxygens (including phenoxy) is 1. The Morgan fingerprint density at radius 1 is 1.22 bits per heavy atom. The molecule has 0 bridgehead atoms. The first-order valence-electron chi connectivity index (χ1n) is 6.99. The number of aromatic nitrogens is 1. The molecule has 6 nitrogen and oxygen atoms in total. The average molecular weight is 310 g/mol. The van der Waals surface area contributed by atoms with Crippen LogP contribution in [-0.2, 0) is 4.79 Å². The molecule has 23 heavy (non-hydrogen) atoms. The number of rotatable bonds is 4. The maximum Gasteiger partial charge on any atom is 0.336 e. The summed E-state index contributed by atoms with van der Waals surface area (Å²) in [6, 6.07) is 11.6. The first kappa shape index (κ1) is 14.8. The molecule has 1 aromatic carbocycles. The molecule has 6 heteroatoms. The van der Waals surface area contributed by atoms with Crippen molar-refractivity contribution in [3.63, 3.8) is 0 Å². The van der Waals surface area contributed by atoms with Gasteiger partial charge in [-0.25, -0.2) is 9.78 Å². The van der Waals surface area contributed by atoms with Crippen molar-refractivity contribution in [2.45, 2.75) is 6.92 Å². The van der Waals surface area contributed by atoms with E-state index in [1.54, 1.807) is 36.5 Å². The molecule has 0 aliphatic heterocycles. The van der Waals surface area contributed by atoms with Crippen molar-refractivity contribution in [3.8, 4) is 5.75 Å². The highest BCUT2D eigenvalue weighted by molar-refractivity contribution is 5.91. The molecule has 0 aliphatic carbocycles. The number of fused-ring (bicyclic) bond motifs is 1. The lowest BCUT2D eigenvalue weighted by Crippen LogP contribution is -2.20. The van der Waals surface area contributed by atoms with Gasteiger partial charge in [-0.3, -0.25) is 4.79 Å². The van der Waals surface area contributed by atoms with E-state index in [1.165, 1.54) is 6.07 Å². The predicted molar refractivity (Wildman–Crippen MR) is 85.6 cm³/mol. The number of carbonyl (C=O) groups excluding carboxylic acids is 1. The molecule has 1 amide bonds. The molecular weight excluding hydrogens is 296 g/mol. The number of hydrogen-bond donors (Lipinski definition) is 1. The summed E-state index contributed by atoms with van der Waals surface area (Å²) >= 11 is 0. The van der Waals surface area contributed by atoms with Crippen LogP contribution in [0.25, 0.3) is 11.0 Å². The lowest BCUT2D eigenvalue weighted by atomic mass is 10.2. The number of pyridine rings is 1. The summed E-state index contributed by atoms with van der Waals surface area (Å²) in [7, 11) is 0. The standard InChI is InChI=1S/C17H14N2O4/c1-11-2-6-15(18-9-11)19-16(20)10-22-13-5-3-12-4-7-17(21)23-14(12)8-13/h2-9H,10H2,1H3,(H,18,19,20). The van der Waals surface area contributed by atoms with Gasteiger partial charge in [0.2, 0.25) is 0 Å². The summed E-state index contributed by atoms with van der Waals surface area (Å²) in [5.74, 6) is 0.587. The quantitative estimate of drug-likeness (QED) is 0.749. The molecule has 0 saturated carbocycles. The van der Waals surface area contributed by atoms with Gasteiger partial charge < -0.3 is 14.5 Å². The van der Waals surface area contributed by atoms with Crippen molar-refractivity contribution < 1.29 is 13.9 Å². The zero-order chi connectivity index (χ0) is 16.2. The van der Waals surface area contributed by atoms with Gasteiger partial charge in [-0.2, -0.15) is 0 Å². The monoisotopic (exact) mass is 310 g/mol. The highest BCUT2D eigenvalue weighted by Crippen LogP contribution is 2.19. The third-order valence-corrected chi connectivity index (χ3v) is 3.14. The maximum atomic E-state index is 11.8. The lowest BCUT2D eigenvalue weighted by molar-refractivity contribution is -0.118. The smallest absolute Gasteiger partial charge is 0.336 e. The molecule has 2 aromatic heterocycles. The summed E-state index contributed by atoms with van der Waals surface area (Å²) in [6.07, 6.45) is 1.67. The Morgan fingerprint density at radius 3 is 2.83 bits per heavy atom. The third kappa shape index (κ3) is 3.74. The van der Waals surface area contributed by atoms with Gasteiger partial charge in [-0.1, -0.05) is 6.07 Å². The summed E-state index contributed by atoms with van der Waals surface area (Å²) in [5, 5.41) is 3.42. The van der Waals surface area contributed by atoms with E-state index in [9.17, 15) is 9.59 Å². The van der Waals surface area contributed by atoms with E-state index < -0.39 is 5.63 Å². The van der Waals surface area contributed by atoms with E-state index in [-0.39, 0.29) is 12.5 Å². The Hall–Kier alpha value is -3.15. The highest BCUT2D eigenvalue weighted by atomic mass is 16.5. The number of nitrogens with one attached hydrogen (secondary N) is 1. The fraction of sp³-hybridized carbons (Fsp3) is 0.118. The van der Waals surface area contributed by atoms with E-state index in [4.69, 9.17) is 9.15 Å². The first-order chi connectivity index (χ1) is 11.1. The number of hydrogen-bond acceptors (Lipinski definition) is 5. The zero-order valence-corrected chi connectivity index (χ0v) is 12.4. The second-order valence-corrected chi connectivity index (χ2v) is 5.01. The van der Waals surface area contributed by atoms with Crippen LogP contribution in [0.15, 0.2) is 57.9 Å². The Labute approximate surface area is 131 Å². The molecule has 0 fully saturated rings. The number of benzene rings is 1. The molecule has 0 saturated heterocycles. The van der Waals surface area contributed by atoms with Crippen molar-refractivity contribution in [2.75, 3.05) is 11.9 Å². The van der Waals surface area contributed by atoms with Crippen molar-refractivity contribution in [3.05, 3.63) is 64.6 Å². The summed E-state index contributed by atoms with van der Waals surface area (Å²) in [4.78, 5) is 27.1. The van der Waals surface area contributed by atoms with Gasteiger partial charge in [-0.15, -0.1) is 0 Å². The Kier molecular flexibility index (Phi) is 4.05. The Morgan fingerprint density at radius 2 is 2.04 bits per heavy atom. The maximum absolute atomic E-state index is 11.8. The summed E-state index contributed by atoms with van der Waals surface area (Å²) in [6.45, 7) is 1.75. The molecule has 116 valence electrons. The van der Waals surface area contributed by atoms with Gasteiger partial charge in [-0.05, 0) is 36.8 Å². The van der Waals surface area contributed by atoms with Crippen molar-refractivity contribution in [1.29, 1.82) is 0 Å². The van der Waals surface area contributed by atoms with E-state index in [1.807, 2.05) is 13.0 Å². The highest BCUT2D eigenvalue weighted by Gasteiger charge is 2.06. The number of anilines is 1. The van der Waals surface area contributed by atoms with Crippen LogP contribution in [0.3, 0.4) is 0 Å². The second-order valence-electron chi connectivity index (χ2n) is 5.01. The number of amides is 1. The molecule has 0 aliphatic rings. The van der Waals surface area contributed by atoms with Crippen LogP contribution in [0.5, 0.6) is 5.75 Å². The van der Waals surface area contributed by atoms with Crippen molar-refractivity contribution >= 4 is 22.7 Å². The number of aryl methyl sites for hydroxylation is 1. The molecule has 0 unspecified atom stereocenters.